The Hall–Kier alpha value is -1.51. The van der Waals surface area contributed by atoms with E-state index in [1.54, 1.807) is 0 Å². The summed E-state index contributed by atoms with van der Waals surface area (Å²) in [6.45, 7) is 3.96. The van der Waals surface area contributed by atoms with Gasteiger partial charge < -0.3 is 10.1 Å². The number of ether oxygens (including phenoxy) is 1. The minimum atomic E-state index is -3.84. The molecule has 0 bridgehead atoms. The second kappa shape index (κ2) is 7.01. The van der Waals surface area contributed by atoms with E-state index in [9.17, 15) is 17.6 Å². The molecule has 0 spiro atoms. The maximum absolute atomic E-state index is 13.1. The molecule has 0 aliphatic carbocycles. The highest BCUT2D eigenvalue weighted by atomic mass is 32.2. The Labute approximate surface area is 147 Å². The third-order valence-electron chi connectivity index (χ3n) is 4.77. The Morgan fingerprint density at radius 1 is 1.32 bits per heavy atom. The fourth-order valence-corrected chi connectivity index (χ4v) is 4.82. The Balaban J connectivity index is 1.75. The highest BCUT2D eigenvalue weighted by Gasteiger charge is 2.39. The zero-order valence-corrected chi connectivity index (χ0v) is 15.0. The zero-order valence-electron chi connectivity index (χ0n) is 14.2. The first-order valence-corrected chi connectivity index (χ1v) is 9.89. The standard InChI is InChI=1S/C17H23FN2O4S/c1-17(11-24-12-17)10-19-16(21)15-4-2-3-9-20(15)25(22,23)14-7-5-13(18)6-8-14/h5-8,15H,2-4,9-12H2,1H3,(H,19,21)/t15-/m1/s1. The molecule has 2 fully saturated rings. The third-order valence-corrected chi connectivity index (χ3v) is 6.69. The minimum Gasteiger partial charge on any atom is -0.380 e. The highest BCUT2D eigenvalue weighted by molar-refractivity contribution is 7.89. The molecular weight excluding hydrogens is 347 g/mol. The maximum Gasteiger partial charge on any atom is 0.243 e. The number of sulfonamides is 1. The molecule has 0 radical (unpaired) electrons. The second-order valence-electron chi connectivity index (χ2n) is 7.10. The number of rotatable bonds is 5. The van der Waals surface area contributed by atoms with Crippen LogP contribution in [0.5, 0.6) is 0 Å². The monoisotopic (exact) mass is 370 g/mol. The van der Waals surface area contributed by atoms with Gasteiger partial charge in [-0.15, -0.1) is 0 Å². The zero-order chi connectivity index (χ0) is 18.1. The number of halogens is 1. The van der Waals surface area contributed by atoms with Crippen LogP contribution in [0.4, 0.5) is 4.39 Å². The van der Waals surface area contributed by atoms with Crippen LogP contribution < -0.4 is 5.32 Å². The van der Waals surface area contributed by atoms with Gasteiger partial charge in [0.25, 0.3) is 0 Å². The lowest BCUT2D eigenvalue weighted by molar-refractivity contribution is -0.130. The van der Waals surface area contributed by atoms with Crippen LogP contribution in [0, 0.1) is 11.2 Å². The molecule has 3 rings (SSSR count). The number of benzene rings is 1. The van der Waals surface area contributed by atoms with Gasteiger partial charge in [-0.3, -0.25) is 4.79 Å². The van der Waals surface area contributed by atoms with Crippen LogP contribution in [-0.4, -0.2) is 51.0 Å². The number of nitrogens with one attached hydrogen (secondary N) is 1. The molecule has 2 heterocycles. The molecule has 0 saturated carbocycles. The summed E-state index contributed by atoms with van der Waals surface area (Å²) in [7, 11) is -3.84. The lowest BCUT2D eigenvalue weighted by Crippen LogP contribution is -2.55. The number of piperidine rings is 1. The van der Waals surface area contributed by atoms with E-state index in [0.717, 1.165) is 18.6 Å². The number of nitrogens with zero attached hydrogens (tertiary/aromatic N) is 1. The van der Waals surface area contributed by atoms with Gasteiger partial charge in [-0.05, 0) is 37.1 Å². The Kier molecular flexibility index (Phi) is 5.13. The van der Waals surface area contributed by atoms with Crippen LogP contribution in [0.1, 0.15) is 26.2 Å². The number of hydrogen-bond acceptors (Lipinski definition) is 4. The molecule has 2 aliphatic rings. The van der Waals surface area contributed by atoms with Gasteiger partial charge in [0.05, 0.1) is 18.1 Å². The van der Waals surface area contributed by atoms with Gasteiger partial charge in [-0.25, -0.2) is 12.8 Å². The lowest BCUT2D eigenvalue weighted by atomic mass is 9.88. The van der Waals surface area contributed by atoms with Gasteiger partial charge >= 0.3 is 0 Å². The van der Waals surface area contributed by atoms with Crippen molar-refractivity contribution in [3.8, 4) is 0 Å². The average molecular weight is 370 g/mol. The van der Waals surface area contributed by atoms with Gasteiger partial charge in [-0.2, -0.15) is 4.31 Å². The summed E-state index contributed by atoms with van der Waals surface area (Å²) in [5, 5.41) is 2.87. The quantitative estimate of drug-likeness (QED) is 0.853. The predicted octanol–water partition coefficient (Wildman–Crippen LogP) is 1.52. The molecule has 138 valence electrons. The van der Waals surface area contributed by atoms with E-state index < -0.39 is 21.9 Å². The Bertz CT molecular complexity index is 732. The smallest absolute Gasteiger partial charge is 0.243 e. The summed E-state index contributed by atoms with van der Waals surface area (Å²) in [5.41, 5.74) is -0.0784. The van der Waals surface area contributed by atoms with E-state index in [2.05, 4.69) is 5.32 Å². The molecule has 25 heavy (non-hydrogen) atoms. The first-order chi connectivity index (χ1) is 11.8. The van der Waals surface area contributed by atoms with Crippen LogP contribution in [0.15, 0.2) is 29.2 Å². The van der Waals surface area contributed by atoms with Crippen molar-refractivity contribution in [3.05, 3.63) is 30.1 Å². The van der Waals surface area contributed by atoms with E-state index in [-0.39, 0.29) is 22.8 Å². The molecule has 1 N–H and O–H groups in total. The number of amides is 1. The number of carbonyl (C=O) groups excluding carboxylic acids is 1. The molecule has 1 atom stereocenters. The molecular formula is C17H23FN2O4S. The van der Waals surface area contributed by atoms with Crippen molar-refractivity contribution < 1.29 is 22.3 Å². The maximum atomic E-state index is 13.1. The van der Waals surface area contributed by atoms with Crippen LogP contribution >= 0.6 is 0 Å². The molecule has 8 heteroatoms. The Morgan fingerprint density at radius 3 is 2.60 bits per heavy atom. The van der Waals surface area contributed by atoms with Crippen molar-refractivity contribution in [2.24, 2.45) is 5.41 Å². The SMILES string of the molecule is CC1(CNC(=O)[C@H]2CCCCN2S(=O)(=O)c2ccc(F)cc2)COC1. The highest BCUT2D eigenvalue weighted by Crippen LogP contribution is 2.27. The van der Waals surface area contributed by atoms with E-state index >= 15 is 0 Å². The molecule has 2 saturated heterocycles. The number of carbonyl (C=O) groups is 1. The minimum absolute atomic E-state index is 0.00737. The van der Waals surface area contributed by atoms with Gasteiger partial charge in [-0.1, -0.05) is 13.3 Å². The molecule has 1 aromatic carbocycles. The summed E-state index contributed by atoms with van der Waals surface area (Å²) in [6, 6.07) is 3.97. The van der Waals surface area contributed by atoms with Crippen LogP contribution in [0.25, 0.3) is 0 Å². The third kappa shape index (κ3) is 3.86. The van der Waals surface area contributed by atoms with Crippen molar-refractivity contribution in [2.45, 2.75) is 37.1 Å². The predicted molar refractivity (Wildman–Crippen MR) is 89.9 cm³/mol. The van der Waals surface area contributed by atoms with E-state index in [1.165, 1.54) is 16.4 Å². The van der Waals surface area contributed by atoms with Crippen molar-refractivity contribution in [1.82, 2.24) is 9.62 Å². The van der Waals surface area contributed by atoms with Crippen molar-refractivity contribution in [1.29, 1.82) is 0 Å². The second-order valence-corrected chi connectivity index (χ2v) is 8.99. The summed E-state index contributed by atoms with van der Waals surface area (Å²) in [5.74, 6) is -0.777. The van der Waals surface area contributed by atoms with Gasteiger partial charge in [0.2, 0.25) is 15.9 Å². The van der Waals surface area contributed by atoms with E-state index in [0.29, 0.717) is 32.6 Å². The fraction of sp³-hybridized carbons (Fsp3) is 0.588. The molecule has 0 aromatic heterocycles. The normalized spacial score (nSPS) is 23.7. The Morgan fingerprint density at radius 2 is 2.00 bits per heavy atom. The van der Waals surface area contributed by atoms with Crippen LogP contribution in [0.2, 0.25) is 0 Å². The van der Waals surface area contributed by atoms with Crippen molar-refractivity contribution in [3.63, 3.8) is 0 Å². The average Bonchev–Trinajstić information content (AvgIpc) is 2.58. The summed E-state index contributed by atoms with van der Waals surface area (Å²) in [6.07, 6.45) is 1.99. The van der Waals surface area contributed by atoms with Crippen LogP contribution in [-0.2, 0) is 19.6 Å². The topological polar surface area (TPSA) is 75.7 Å². The lowest BCUT2D eigenvalue weighted by Gasteiger charge is -2.39. The first kappa shape index (κ1) is 18.3. The van der Waals surface area contributed by atoms with Gasteiger partial charge in [0.1, 0.15) is 11.9 Å². The number of hydrogen-bond donors (Lipinski definition) is 1. The van der Waals surface area contributed by atoms with E-state index in [4.69, 9.17) is 4.74 Å². The summed E-state index contributed by atoms with van der Waals surface area (Å²) < 4.78 is 45.3. The van der Waals surface area contributed by atoms with Crippen molar-refractivity contribution in [2.75, 3.05) is 26.3 Å². The first-order valence-electron chi connectivity index (χ1n) is 8.45. The fourth-order valence-electron chi connectivity index (χ4n) is 3.17. The molecule has 2 aliphatic heterocycles. The molecule has 1 amide bonds. The van der Waals surface area contributed by atoms with Crippen LogP contribution in [0.3, 0.4) is 0 Å². The van der Waals surface area contributed by atoms with Crippen molar-refractivity contribution >= 4 is 15.9 Å². The molecule has 6 nitrogen and oxygen atoms in total. The van der Waals surface area contributed by atoms with Gasteiger partial charge in [0, 0.05) is 18.5 Å². The summed E-state index contributed by atoms with van der Waals surface area (Å²) in [4.78, 5) is 12.6. The molecule has 0 unspecified atom stereocenters. The molecule has 1 aromatic rings. The van der Waals surface area contributed by atoms with Gasteiger partial charge in [0.15, 0.2) is 0 Å². The summed E-state index contributed by atoms with van der Waals surface area (Å²) >= 11 is 0. The largest absolute Gasteiger partial charge is 0.380 e. The van der Waals surface area contributed by atoms with E-state index in [1.807, 2.05) is 6.92 Å².